The number of carboxylic acids is 1. The fourth-order valence-electron chi connectivity index (χ4n) is 1.86. The summed E-state index contributed by atoms with van der Waals surface area (Å²) in [5.41, 5.74) is 0.830. The number of carboxylic acid groups (broad SMARTS) is 1. The van der Waals surface area contributed by atoms with Gasteiger partial charge in [0.1, 0.15) is 5.75 Å². The number of aromatic nitrogens is 2. The van der Waals surface area contributed by atoms with E-state index in [0.29, 0.717) is 16.3 Å². The minimum Gasteiger partial charge on any atom is -0.491 e. The number of hydrogen-bond donors (Lipinski definition) is 2. The number of carbonyl (C=O) groups excluding carboxylic acids is 1. The lowest BCUT2D eigenvalue weighted by Gasteiger charge is -2.15. The molecule has 0 aliphatic rings. The maximum atomic E-state index is 12.3. The van der Waals surface area contributed by atoms with Crippen molar-refractivity contribution in [1.82, 2.24) is 10.2 Å². The van der Waals surface area contributed by atoms with Crippen LogP contribution in [-0.2, 0) is 0 Å². The van der Waals surface area contributed by atoms with Crippen molar-refractivity contribution in [3.63, 3.8) is 0 Å². The van der Waals surface area contributed by atoms with Gasteiger partial charge in [-0.05, 0) is 45.0 Å². The predicted octanol–water partition coefficient (Wildman–Crippen LogP) is 3.18. The lowest BCUT2D eigenvalue weighted by atomic mass is 10.1. The van der Waals surface area contributed by atoms with Gasteiger partial charge >= 0.3 is 5.97 Å². The molecule has 0 radical (unpaired) electrons. The van der Waals surface area contributed by atoms with E-state index in [1.165, 1.54) is 18.2 Å². The summed E-state index contributed by atoms with van der Waals surface area (Å²) in [6.07, 6.45) is -0.0625. The van der Waals surface area contributed by atoms with Crippen LogP contribution in [0.25, 0.3) is 0 Å². The van der Waals surface area contributed by atoms with Crippen molar-refractivity contribution in [2.45, 2.75) is 26.9 Å². The van der Waals surface area contributed by atoms with Gasteiger partial charge in [-0.1, -0.05) is 11.6 Å². The molecule has 0 saturated heterocycles. The number of aromatic carboxylic acids is 1. The van der Waals surface area contributed by atoms with Gasteiger partial charge in [-0.3, -0.25) is 4.79 Å². The van der Waals surface area contributed by atoms with Gasteiger partial charge < -0.3 is 15.2 Å². The van der Waals surface area contributed by atoms with Crippen molar-refractivity contribution in [2.24, 2.45) is 0 Å². The Bertz CT molecular complexity index is 776. The topological polar surface area (TPSA) is 101 Å². The molecule has 1 aromatic carbocycles. The van der Waals surface area contributed by atoms with Crippen LogP contribution >= 0.6 is 11.6 Å². The Labute approximate surface area is 143 Å². The molecule has 0 fully saturated rings. The fraction of sp³-hybridized carbons (Fsp3) is 0.250. The minimum atomic E-state index is -1.19. The average Bonchev–Trinajstić information content (AvgIpc) is 2.51. The van der Waals surface area contributed by atoms with Crippen LogP contribution in [0.2, 0.25) is 5.02 Å². The molecule has 0 aliphatic heterocycles. The first kappa shape index (κ1) is 17.7. The molecule has 0 unspecified atom stereocenters. The Morgan fingerprint density at radius 3 is 2.50 bits per heavy atom. The Hall–Kier alpha value is -2.67. The maximum absolute atomic E-state index is 12.3. The van der Waals surface area contributed by atoms with Crippen LogP contribution in [-0.4, -0.2) is 33.3 Å². The zero-order valence-corrected chi connectivity index (χ0v) is 14.1. The number of hydrogen-bond acceptors (Lipinski definition) is 5. The van der Waals surface area contributed by atoms with Gasteiger partial charge in [0.05, 0.1) is 6.10 Å². The zero-order chi connectivity index (χ0) is 17.9. The van der Waals surface area contributed by atoms with Gasteiger partial charge in [-0.25, -0.2) is 4.79 Å². The first-order chi connectivity index (χ1) is 11.3. The van der Waals surface area contributed by atoms with Crippen molar-refractivity contribution in [3.8, 4) is 5.75 Å². The van der Waals surface area contributed by atoms with Crippen LogP contribution in [0.5, 0.6) is 5.75 Å². The van der Waals surface area contributed by atoms with Gasteiger partial charge in [-0.15, -0.1) is 10.2 Å². The lowest BCUT2D eigenvalue weighted by Crippen LogP contribution is -2.15. The number of anilines is 1. The summed E-state index contributed by atoms with van der Waals surface area (Å²) in [7, 11) is 0. The van der Waals surface area contributed by atoms with Crippen molar-refractivity contribution in [3.05, 3.63) is 46.1 Å². The fourth-order valence-corrected chi connectivity index (χ4v) is 2.07. The van der Waals surface area contributed by atoms with Gasteiger partial charge in [0.25, 0.3) is 5.91 Å². The number of nitrogens with zero attached hydrogens (tertiary/aromatic N) is 2. The molecule has 0 bridgehead atoms. The molecule has 2 N–H and O–H groups in total. The molecule has 1 heterocycles. The molecule has 126 valence electrons. The van der Waals surface area contributed by atoms with E-state index >= 15 is 0 Å². The Morgan fingerprint density at radius 1 is 1.25 bits per heavy atom. The van der Waals surface area contributed by atoms with Crippen molar-refractivity contribution in [2.75, 3.05) is 5.32 Å². The molecular weight excluding hydrogens is 334 g/mol. The highest BCUT2D eigenvalue weighted by Crippen LogP contribution is 2.29. The monoisotopic (exact) mass is 349 g/mol. The standard InChI is InChI=1S/C16H16ClN3O4/c1-8(2)24-13-7-10(6-11(17)9(13)3)15(21)18-14-5-4-12(16(22)23)19-20-14/h4-8H,1-3H3,(H,22,23)(H,18,20,21). The average molecular weight is 350 g/mol. The molecule has 0 atom stereocenters. The number of nitrogens with one attached hydrogen (secondary N) is 1. The Balaban J connectivity index is 2.23. The first-order valence-corrected chi connectivity index (χ1v) is 7.51. The van der Waals surface area contributed by atoms with Crippen LogP contribution in [0.4, 0.5) is 5.82 Å². The van der Waals surface area contributed by atoms with Crippen LogP contribution < -0.4 is 10.1 Å². The summed E-state index contributed by atoms with van der Waals surface area (Å²) in [6, 6.07) is 5.73. The first-order valence-electron chi connectivity index (χ1n) is 7.13. The van der Waals surface area contributed by atoms with E-state index < -0.39 is 11.9 Å². The van der Waals surface area contributed by atoms with Crippen LogP contribution in [0.15, 0.2) is 24.3 Å². The number of carbonyl (C=O) groups is 2. The van der Waals surface area contributed by atoms with Gasteiger partial charge in [-0.2, -0.15) is 0 Å². The van der Waals surface area contributed by atoms with E-state index in [1.807, 2.05) is 13.8 Å². The number of amides is 1. The lowest BCUT2D eigenvalue weighted by molar-refractivity contribution is 0.0689. The van der Waals surface area contributed by atoms with Crippen molar-refractivity contribution in [1.29, 1.82) is 0 Å². The number of halogens is 1. The third-order valence-electron chi connectivity index (χ3n) is 3.05. The molecule has 2 aromatic rings. The van der Waals surface area contributed by atoms with Crippen molar-refractivity contribution >= 4 is 29.3 Å². The normalized spacial score (nSPS) is 10.5. The van der Waals surface area contributed by atoms with Crippen LogP contribution in [0.3, 0.4) is 0 Å². The predicted molar refractivity (Wildman–Crippen MR) is 88.9 cm³/mol. The minimum absolute atomic E-state index is 0.0625. The molecule has 0 spiro atoms. The van der Waals surface area contributed by atoms with Crippen LogP contribution in [0, 0.1) is 6.92 Å². The summed E-state index contributed by atoms with van der Waals surface area (Å²) in [4.78, 5) is 23.1. The molecule has 24 heavy (non-hydrogen) atoms. The SMILES string of the molecule is Cc1c(Cl)cc(C(=O)Nc2ccc(C(=O)O)nn2)cc1OC(C)C. The van der Waals surface area contributed by atoms with E-state index in [0.717, 1.165) is 5.56 Å². The molecule has 2 rings (SSSR count). The third kappa shape index (κ3) is 4.20. The van der Waals surface area contributed by atoms with E-state index in [4.69, 9.17) is 21.4 Å². The highest BCUT2D eigenvalue weighted by molar-refractivity contribution is 6.32. The van der Waals surface area contributed by atoms with E-state index in [-0.39, 0.29) is 17.6 Å². The molecule has 1 amide bonds. The third-order valence-corrected chi connectivity index (χ3v) is 3.44. The summed E-state index contributed by atoms with van der Waals surface area (Å²) >= 11 is 6.15. The highest BCUT2D eigenvalue weighted by atomic mass is 35.5. The Morgan fingerprint density at radius 2 is 1.96 bits per heavy atom. The zero-order valence-electron chi connectivity index (χ0n) is 13.3. The van der Waals surface area contributed by atoms with E-state index in [1.54, 1.807) is 13.0 Å². The molecule has 1 aromatic heterocycles. The molecule has 0 aliphatic carbocycles. The number of rotatable bonds is 5. The summed E-state index contributed by atoms with van der Waals surface area (Å²) in [5.74, 6) is -0.993. The number of benzene rings is 1. The molecule has 7 nitrogen and oxygen atoms in total. The van der Waals surface area contributed by atoms with E-state index in [2.05, 4.69) is 15.5 Å². The molecular formula is C16H16ClN3O4. The van der Waals surface area contributed by atoms with Gasteiger partial charge in [0.2, 0.25) is 0 Å². The summed E-state index contributed by atoms with van der Waals surface area (Å²) in [6.45, 7) is 5.55. The highest BCUT2D eigenvalue weighted by Gasteiger charge is 2.15. The molecule has 8 heteroatoms. The van der Waals surface area contributed by atoms with Gasteiger partial charge in [0.15, 0.2) is 11.5 Å². The van der Waals surface area contributed by atoms with E-state index in [9.17, 15) is 9.59 Å². The van der Waals surface area contributed by atoms with Crippen molar-refractivity contribution < 1.29 is 19.4 Å². The second kappa shape index (κ2) is 7.27. The molecule has 0 saturated carbocycles. The Kier molecular flexibility index (Phi) is 5.35. The maximum Gasteiger partial charge on any atom is 0.356 e. The smallest absolute Gasteiger partial charge is 0.356 e. The van der Waals surface area contributed by atoms with Gasteiger partial charge in [0, 0.05) is 16.1 Å². The number of ether oxygens (including phenoxy) is 1. The largest absolute Gasteiger partial charge is 0.491 e. The quantitative estimate of drug-likeness (QED) is 0.859. The second-order valence-electron chi connectivity index (χ2n) is 5.31. The van der Waals surface area contributed by atoms with Crippen LogP contribution in [0.1, 0.15) is 40.3 Å². The second-order valence-corrected chi connectivity index (χ2v) is 5.72. The summed E-state index contributed by atoms with van der Waals surface area (Å²) in [5, 5.41) is 18.9. The summed E-state index contributed by atoms with van der Waals surface area (Å²) < 4.78 is 5.65.